The largest absolute Gasteiger partial charge is 0.380 e. The highest BCUT2D eigenvalue weighted by Crippen LogP contribution is 2.32. The van der Waals surface area contributed by atoms with Crippen LogP contribution in [-0.2, 0) is 0 Å². The zero-order valence-electron chi connectivity index (χ0n) is 12.2. The molecule has 3 unspecified atom stereocenters. The molecule has 1 heterocycles. The highest BCUT2D eigenvalue weighted by molar-refractivity contribution is 5.61. The van der Waals surface area contributed by atoms with Crippen LogP contribution in [0.25, 0.3) is 5.69 Å². The number of anilines is 1. The Hall–Kier alpha value is -1.84. The Bertz CT molecular complexity index is 549. The lowest BCUT2D eigenvalue weighted by atomic mass is 9.78. The summed E-state index contributed by atoms with van der Waals surface area (Å²) < 4.78 is 1.82. The van der Waals surface area contributed by atoms with E-state index in [2.05, 4.69) is 47.4 Å². The van der Waals surface area contributed by atoms with Crippen LogP contribution in [0.15, 0.2) is 36.9 Å². The molecule has 20 heavy (non-hydrogen) atoms. The third-order valence-corrected chi connectivity index (χ3v) is 4.62. The molecule has 1 aliphatic rings. The van der Waals surface area contributed by atoms with E-state index >= 15 is 0 Å². The van der Waals surface area contributed by atoms with Crippen molar-refractivity contribution in [2.45, 2.75) is 39.2 Å². The van der Waals surface area contributed by atoms with E-state index in [0.29, 0.717) is 12.0 Å². The van der Waals surface area contributed by atoms with Gasteiger partial charge in [-0.25, -0.2) is 9.67 Å². The SMILES string of the molecule is CC1CCCC(Nc2ccccc2-n2cncn2)C1C. The van der Waals surface area contributed by atoms with Gasteiger partial charge in [-0.3, -0.25) is 0 Å². The minimum atomic E-state index is 0.545. The van der Waals surface area contributed by atoms with E-state index < -0.39 is 0 Å². The third kappa shape index (κ3) is 2.55. The fourth-order valence-electron chi connectivity index (χ4n) is 3.11. The van der Waals surface area contributed by atoms with Crippen LogP contribution in [0, 0.1) is 11.8 Å². The number of nitrogens with zero attached hydrogens (tertiary/aromatic N) is 3. The lowest BCUT2D eigenvalue weighted by molar-refractivity contribution is 0.253. The van der Waals surface area contributed by atoms with E-state index in [-0.39, 0.29) is 0 Å². The summed E-state index contributed by atoms with van der Waals surface area (Å²) in [6.45, 7) is 4.72. The van der Waals surface area contributed by atoms with Crippen LogP contribution in [-0.4, -0.2) is 20.8 Å². The van der Waals surface area contributed by atoms with Gasteiger partial charge in [0.1, 0.15) is 12.7 Å². The molecule has 4 heteroatoms. The van der Waals surface area contributed by atoms with Gasteiger partial charge >= 0.3 is 0 Å². The summed E-state index contributed by atoms with van der Waals surface area (Å²) in [5.41, 5.74) is 2.21. The molecular formula is C16H22N4. The van der Waals surface area contributed by atoms with E-state index in [1.807, 2.05) is 10.7 Å². The Balaban J connectivity index is 1.84. The molecule has 4 nitrogen and oxygen atoms in total. The van der Waals surface area contributed by atoms with Crippen molar-refractivity contribution in [1.29, 1.82) is 0 Å². The van der Waals surface area contributed by atoms with Crippen LogP contribution >= 0.6 is 0 Å². The first-order chi connectivity index (χ1) is 9.75. The second-order valence-electron chi connectivity index (χ2n) is 5.88. The van der Waals surface area contributed by atoms with Crippen LogP contribution in [0.5, 0.6) is 0 Å². The molecular weight excluding hydrogens is 248 g/mol. The van der Waals surface area contributed by atoms with Crippen LogP contribution < -0.4 is 5.32 Å². The summed E-state index contributed by atoms with van der Waals surface area (Å²) in [4.78, 5) is 4.04. The second kappa shape index (κ2) is 5.65. The fourth-order valence-corrected chi connectivity index (χ4v) is 3.11. The van der Waals surface area contributed by atoms with Crippen LogP contribution in [0.2, 0.25) is 0 Å². The Labute approximate surface area is 120 Å². The Kier molecular flexibility index (Phi) is 3.72. The molecule has 3 rings (SSSR count). The summed E-state index contributed by atoms with van der Waals surface area (Å²) in [5.74, 6) is 1.49. The minimum absolute atomic E-state index is 0.545. The molecule has 0 amide bonds. The van der Waals surface area contributed by atoms with Crippen molar-refractivity contribution in [2.24, 2.45) is 11.8 Å². The summed E-state index contributed by atoms with van der Waals surface area (Å²) in [6.07, 6.45) is 7.23. The number of nitrogens with one attached hydrogen (secondary N) is 1. The summed E-state index contributed by atoms with van der Waals surface area (Å²) in [7, 11) is 0. The molecule has 2 aromatic rings. The van der Waals surface area contributed by atoms with Crippen molar-refractivity contribution in [3.05, 3.63) is 36.9 Å². The lowest BCUT2D eigenvalue weighted by Crippen LogP contribution is -2.35. The van der Waals surface area contributed by atoms with Gasteiger partial charge in [-0.1, -0.05) is 38.8 Å². The maximum Gasteiger partial charge on any atom is 0.138 e. The van der Waals surface area contributed by atoms with Crippen molar-refractivity contribution in [1.82, 2.24) is 14.8 Å². The molecule has 0 bridgehead atoms. The maximum atomic E-state index is 4.24. The highest BCUT2D eigenvalue weighted by atomic mass is 15.3. The monoisotopic (exact) mass is 270 g/mol. The van der Waals surface area contributed by atoms with E-state index in [4.69, 9.17) is 0 Å². The van der Waals surface area contributed by atoms with E-state index in [9.17, 15) is 0 Å². The quantitative estimate of drug-likeness (QED) is 0.928. The smallest absolute Gasteiger partial charge is 0.138 e. The van der Waals surface area contributed by atoms with Crippen molar-refractivity contribution >= 4 is 5.69 Å². The molecule has 1 aliphatic carbocycles. The predicted octanol–water partition coefficient (Wildman–Crippen LogP) is 3.50. The molecule has 0 saturated heterocycles. The molecule has 0 aliphatic heterocycles. The zero-order chi connectivity index (χ0) is 13.9. The van der Waals surface area contributed by atoms with Gasteiger partial charge in [0.05, 0.1) is 11.4 Å². The second-order valence-corrected chi connectivity index (χ2v) is 5.88. The molecule has 0 spiro atoms. The van der Waals surface area contributed by atoms with Crippen LogP contribution in [0.1, 0.15) is 33.1 Å². The molecule has 106 valence electrons. The predicted molar refractivity (Wildman–Crippen MR) is 80.9 cm³/mol. The summed E-state index contributed by atoms with van der Waals surface area (Å²) >= 11 is 0. The average molecular weight is 270 g/mol. The van der Waals surface area contributed by atoms with Gasteiger partial charge in [-0.15, -0.1) is 0 Å². The van der Waals surface area contributed by atoms with Gasteiger partial charge in [0, 0.05) is 6.04 Å². The van der Waals surface area contributed by atoms with Crippen LogP contribution in [0.3, 0.4) is 0 Å². The fraction of sp³-hybridized carbons (Fsp3) is 0.500. The van der Waals surface area contributed by atoms with Gasteiger partial charge in [-0.2, -0.15) is 5.10 Å². The molecule has 1 aromatic heterocycles. The average Bonchev–Trinajstić information content (AvgIpc) is 2.98. The normalized spacial score (nSPS) is 26.4. The molecule has 1 N–H and O–H groups in total. The number of hydrogen-bond donors (Lipinski definition) is 1. The first-order valence-electron chi connectivity index (χ1n) is 7.46. The number of rotatable bonds is 3. The minimum Gasteiger partial charge on any atom is -0.380 e. The first kappa shape index (κ1) is 13.2. The Morgan fingerprint density at radius 2 is 2.05 bits per heavy atom. The van der Waals surface area contributed by atoms with Gasteiger partial charge in [0.15, 0.2) is 0 Å². The Morgan fingerprint density at radius 1 is 1.20 bits per heavy atom. The van der Waals surface area contributed by atoms with E-state index in [1.165, 1.54) is 19.3 Å². The molecule has 1 fully saturated rings. The first-order valence-corrected chi connectivity index (χ1v) is 7.46. The van der Waals surface area contributed by atoms with Crippen LogP contribution in [0.4, 0.5) is 5.69 Å². The molecule has 1 saturated carbocycles. The zero-order valence-corrected chi connectivity index (χ0v) is 12.2. The van der Waals surface area contributed by atoms with Crippen molar-refractivity contribution in [2.75, 3.05) is 5.32 Å². The van der Waals surface area contributed by atoms with E-state index in [0.717, 1.165) is 17.3 Å². The molecule has 0 radical (unpaired) electrons. The third-order valence-electron chi connectivity index (χ3n) is 4.62. The Morgan fingerprint density at radius 3 is 2.85 bits per heavy atom. The van der Waals surface area contributed by atoms with Crippen molar-refractivity contribution in [3.63, 3.8) is 0 Å². The lowest BCUT2D eigenvalue weighted by Gasteiger charge is -2.35. The standard InChI is InChI=1S/C16H22N4/c1-12-6-5-8-14(13(12)2)19-15-7-3-4-9-16(15)20-11-17-10-18-20/h3-4,7,9-14,19H,5-6,8H2,1-2H3. The highest BCUT2D eigenvalue weighted by Gasteiger charge is 2.27. The summed E-state index contributed by atoms with van der Waals surface area (Å²) in [5, 5.41) is 7.97. The van der Waals surface area contributed by atoms with E-state index in [1.54, 1.807) is 12.7 Å². The maximum absolute atomic E-state index is 4.24. The van der Waals surface area contributed by atoms with Crippen molar-refractivity contribution in [3.8, 4) is 5.69 Å². The topological polar surface area (TPSA) is 42.7 Å². The van der Waals surface area contributed by atoms with Crippen molar-refractivity contribution < 1.29 is 0 Å². The number of hydrogen-bond acceptors (Lipinski definition) is 3. The molecule has 3 atom stereocenters. The molecule has 1 aromatic carbocycles. The van der Waals surface area contributed by atoms with Gasteiger partial charge in [0.25, 0.3) is 0 Å². The number of benzene rings is 1. The number of aromatic nitrogens is 3. The number of para-hydroxylation sites is 2. The van der Waals surface area contributed by atoms with Gasteiger partial charge < -0.3 is 5.32 Å². The van der Waals surface area contributed by atoms with Gasteiger partial charge in [0.2, 0.25) is 0 Å². The summed E-state index contributed by atoms with van der Waals surface area (Å²) in [6, 6.07) is 8.86. The van der Waals surface area contributed by atoms with Gasteiger partial charge in [-0.05, 0) is 30.4 Å².